The molecule has 0 heterocycles. The smallest absolute Gasteiger partial charge is 0.161 e. The fourth-order valence-electron chi connectivity index (χ4n) is 2.26. The van der Waals surface area contributed by atoms with Gasteiger partial charge in [0.2, 0.25) is 0 Å². The molecule has 0 aliphatic heterocycles. The first-order chi connectivity index (χ1) is 10.2. The Morgan fingerprint density at radius 1 is 1.00 bits per heavy atom. The third-order valence-electron chi connectivity index (χ3n) is 3.45. The van der Waals surface area contributed by atoms with Crippen molar-refractivity contribution in [3.63, 3.8) is 0 Å². The standard InChI is InChI=1S/C18H23NO2/c1-3-14-9-10-17(18(13-14)20-2)21-11-5-7-15-6-4-8-16(19)12-15/h4,6,8-10,12-13H,3,5,7,11,19H2,1-2H3. The third kappa shape index (κ3) is 4.42. The van der Waals surface area contributed by atoms with Crippen molar-refractivity contribution in [2.75, 3.05) is 19.5 Å². The fraction of sp³-hybridized carbons (Fsp3) is 0.333. The maximum atomic E-state index is 5.82. The van der Waals surface area contributed by atoms with Gasteiger partial charge in [0.05, 0.1) is 13.7 Å². The van der Waals surface area contributed by atoms with E-state index in [1.165, 1.54) is 11.1 Å². The molecule has 0 fully saturated rings. The van der Waals surface area contributed by atoms with Gasteiger partial charge in [-0.25, -0.2) is 0 Å². The predicted octanol–water partition coefficient (Wildman–Crippen LogP) is 3.85. The van der Waals surface area contributed by atoms with Gasteiger partial charge in [-0.15, -0.1) is 0 Å². The second kappa shape index (κ2) is 7.58. The predicted molar refractivity (Wildman–Crippen MR) is 87.0 cm³/mol. The van der Waals surface area contributed by atoms with Crippen LogP contribution in [-0.2, 0) is 12.8 Å². The Kier molecular flexibility index (Phi) is 5.50. The normalized spacial score (nSPS) is 10.4. The van der Waals surface area contributed by atoms with Gasteiger partial charge in [0.1, 0.15) is 0 Å². The number of hydrogen-bond acceptors (Lipinski definition) is 3. The molecule has 0 unspecified atom stereocenters. The summed E-state index contributed by atoms with van der Waals surface area (Å²) in [6, 6.07) is 14.1. The number of aryl methyl sites for hydroxylation is 2. The minimum Gasteiger partial charge on any atom is -0.493 e. The molecule has 112 valence electrons. The maximum Gasteiger partial charge on any atom is 0.161 e. The van der Waals surface area contributed by atoms with Gasteiger partial charge < -0.3 is 15.2 Å². The number of nitrogens with two attached hydrogens (primary N) is 1. The highest BCUT2D eigenvalue weighted by molar-refractivity contribution is 5.43. The van der Waals surface area contributed by atoms with E-state index in [0.29, 0.717) is 6.61 Å². The lowest BCUT2D eigenvalue weighted by Gasteiger charge is -2.12. The lowest BCUT2D eigenvalue weighted by Crippen LogP contribution is -2.01. The minimum atomic E-state index is 0.663. The number of methoxy groups -OCH3 is 1. The second-order valence-corrected chi connectivity index (χ2v) is 5.04. The molecule has 0 amide bonds. The molecule has 3 nitrogen and oxygen atoms in total. The van der Waals surface area contributed by atoms with Gasteiger partial charge in [-0.05, 0) is 54.7 Å². The molecule has 0 radical (unpaired) electrons. The molecule has 2 N–H and O–H groups in total. The monoisotopic (exact) mass is 285 g/mol. The van der Waals surface area contributed by atoms with E-state index in [1.54, 1.807) is 7.11 Å². The minimum absolute atomic E-state index is 0.663. The van der Waals surface area contributed by atoms with Gasteiger partial charge in [0.15, 0.2) is 11.5 Å². The van der Waals surface area contributed by atoms with E-state index in [0.717, 1.165) is 36.4 Å². The van der Waals surface area contributed by atoms with Crippen LogP contribution in [0.1, 0.15) is 24.5 Å². The average Bonchev–Trinajstić information content (AvgIpc) is 2.51. The number of benzene rings is 2. The van der Waals surface area contributed by atoms with E-state index in [2.05, 4.69) is 19.1 Å². The zero-order valence-electron chi connectivity index (χ0n) is 12.8. The summed E-state index contributed by atoms with van der Waals surface area (Å²) in [6.07, 6.45) is 2.90. The molecule has 0 aliphatic carbocycles. The zero-order chi connectivity index (χ0) is 15.1. The molecule has 2 aromatic carbocycles. The highest BCUT2D eigenvalue weighted by atomic mass is 16.5. The molecule has 0 saturated carbocycles. The SMILES string of the molecule is CCc1ccc(OCCCc2cccc(N)c2)c(OC)c1. The summed E-state index contributed by atoms with van der Waals surface area (Å²) in [5, 5.41) is 0. The first-order valence-corrected chi connectivity index (χ1v) is 7.37. The van der Waals surface area contributed by atoms with Crippen molar-refractivity contribution in [3.8, 4) is 11.5 Å². The van der Waals surface area contributed by atoms with Crippen LogP contribution in [0.5, 0.6) is 11.5 Å². The van der Waals surface area contributed by atoms with Crippen molar-refractivity contribution >= 4 is 5.69 Å². The van der Waals surface area contributed by atoms with Crippen molar-refractivity contribution in [2.24, 2.45) is 0 Å². The first-order valence-electron chi connectivity index (χ1n) is 7.37. The summed E-state index contributed by atoms with van der Waals surface area (Å²) in [6.45, 7) is 2.79. The fourth-order valence-corrected chi connectivity index (χ4v) is 2.26. The van der Waals surface area contributed by atoms with Gasteiger partial charge in [0.25, 0.3) is 0 Å². The zero-order valence-corrected chi connectivity index (χ0v) is 12.8. The Hall–Kier alpha value is -2.16. The Morgan fingerprint density at radius 3 is 2.57 bits per heavy atom. The van der Waals surface area contributed by atoms with Crippen LogP contribution in [0.4, 0.5) is 5.69 Å². The topological polar surface area (TPSA) is 44.5 Å². The quantitative estimate of drug-likeness (QED) is 0.620. The summed E-state index contributed by atoms with van der Waals surface area (Å²) in [4.78, 5) is 0. The number of nitrogen functional groups attached to an aromatic ring is 1. The highest BCUT2D eigenvalue weighted by Gasteiger charge is 2.05. The number of hydrogen-bond donors (Lipinski definition) is 1. The average molecular weight is 285 g/mol. The van der Waals surface area contributed by atoms with Gasteiger partial charge in [-0.2, -0.15) is 0 Å². The van der Waals surface area contributed by atoms with Crippen LogP contribution >= 0.6 is 0 Å². The summed E-state index contributed by atoms with van der Waals surface area (Å²) < 4.78 is 11.2. The molecule has 0 saturated heterocycles. The molecule has 0 aromatic heterocycles. The Balaban J connectivity index is 1.86. The molecule has 21 heavy (non-hydrogen) atoms. The molecule has 0 atom stereocenters. The number of rotatable bonds is 7. The molecular weight excluding hydrogens is 262 g/mol. The van der Waals surface area contributed by atoms with Crippen LogP contribution in [0.25, 0.3) is 0 Å². The van der Waals surface area contributed by atoms with Gasteiger partial charge in [-0.3, -0.25) is 0 Å². The highest BCUT2D eigenvalue weighted by Crippen LogP contribution is 2.28. The number of ether oxygens (including phenoxy) is 2. The molecule has 0 aliphatic rings. The van der Waals surface area contributed by atoms with Crippen molar-refractivity contribution in [1.82, 2.24) is 0 Å². The summed E-state index contributed by atoms with van der Waals surface area (Å²) in [5.41, 5.74) is 9.07. The Morgan fingerprint density at radius 2 is 1.86 bits per heavy atom. The molecule has 3 heteroatoms. The van der Waals surface area contributed by atoms with Gasteiger partial charge in [-0.1, -0.05) is 25.1 Å². The largest absolute Gasteiger partial charge is 0.493 e. The van der Waals surface area contributed by atoms with Crippen LogP contribution in [0.3, 0.4) is 0 Å². The van der Waals surface area contributed by atoms with Crippen LogP contribution in [0, 0.1) is 0 Å². The molecule has 2 rings (SSSR count). The van der Waals surface area contributed by atoms with Crippen LogP contribution < -0.4 is 15.2 Å². The molecule has 0 bridgehead atoms. The molecule has 2 aromatic rings. The summed E-state index contributed by atoms with van der Waals surface area (Å²) in [7, 11) is 1.67. The van der Waals surface area contributed by atoms with Crippen molar-refractivity contribution in [1.29, 1.82) is 0 Å². The third-order valence-corrected chi connectivity index (χ3v) is 3.45. The van der Waals surface area contributed by atoms with E-state index < -0.39 is 0 Å². The van der Waals surface area contributed by atoms with Crippen LogP contribution in [0.2, 0.25) is 0 Å². The Bertz CT molecular complexity index is 581. The van der Waals surface area contributed by atoms with Crippen molar-refractivity contribution in [2.45, 2.75) is 26.2 Å². The van der Waals surface area contributed by atoms with Crippen LogP contribution in [0.15, 0.2) is 42.5 Å². The first kappa shape index (κ1) is 15.2. The summed E-state index contributed by atoms with van der Waals surface area (Å²) >= 11 is 0. The lowest BCUT2D eigenvalue weighted by atomic mass is 10.1. The number of anilines is 1. The Labute approximate surface area is 126 Å². The van der Waals surface area contributed by atoms with E-state index >= 15 is 0 Å². The van der Waals surface area contributed by atoms with E-state index in [-0.39, 0.29) is 0 Å². The van der Waals surface area contributed by atoms with Gasteiger partial charge >= 0.3 is 0 Å². The molecule has 0 spiro atoms. The van der Waals surface area contributed by atoms with E-state index in [9.17, 15) is 0 Å². The lowest BCUT2D eigenvalue weighted by molar-refractivity contribution is 0.289. The van der Waals surface area contributed by atoms with Crippen molar-refractivity contribution < 1.29 is 9.47 Å². The maximum absolute atomic E-state index is 5.82. The summed E-state index contributed by atoms with van der Waals surface area (Å²) in [5.74, 6) is 1.61. The second-order valence-electron chi connectivity index (χ2n) is 5.04. The van der Waals surface area contributed by atoms with E-state index in [1.807, 2.05) is 30.3 Å². The van der Waals surface area contributed by atoms with Crippen molar-refractivity contribution in [3.05, 3.63) is 53.6 Å². The van der Waals surface area contributed by atoms with Crippen LogP contribution in [-0.4, -0.2) is 13.7 Å². The van der Waals surface area contributed by atoms with E-state index in [4.69, 9.17) is 15.2 Å². The van der Waals surface area contributed by atoms with Gasteiger partial charge in [0, 0.05) is 5.69 Å². The molecular formula is C18H23NO2.